The molecule has 16 heavy (non-hydrogen) atoms. The summed E-state index contributed by atoms with van der Waals surface area (Å²) < 4.78 is 1.15. The molecule has 1 aromatic carbocycles. The maximum Gasteiger partial charge on any atom is 0.0457 e. The van der Waals surface area contributed by atoms with Gasteiger partial charge < -0.3 is 4.98 Å². The van der Waals surface area contributed by atoms with Crippen LogP contribution in [0, 0.1) is 5.41 Å². The molecule has 0 aliphatic heterocycles. The lowest BCUT2D eigenvalue weighted by atomic mass is 9.83. The first-order valence-corrected chi connectivity index (χ1v) is 6.57. The Morgan fingerprint density at radius 3 is 2.75 bits per heavy atom. The van der Waals surface area contributed by atoms with Gasteiger partial charge in [0.05, 0.1) is 0 Å². The summed E-state index contributed by atoms with van der Waals surface area (Å²) in [4.78, 5) is 3.34. The predicted molar refractivity (Wildman–Crippen MR) is 73.8 cm³/mol. The van der Waals surface area contributed by atoms with Crippen molar-refractivity contribution in [1.29, 1.82) is 0 Å². The normalized spacial score (nSPS) is 12.2. The standard InChI is InChI=1S/C14H18BrN/c1-4-14(2,3)8-10-9-16-13-6-5-11(15)7-12(10)13/h5-7,9,16H,4,8H2,1-3H3. The van der Waals surface area contributed by atoms with Crippen molar-refractivity contribution >= 4 is 26.8 Å². The second-order valence-corrected chi connectivity index (χ2v) is 6.11. The van der Waals surface area contributed by atoms with Crippen LogP contribution in [0.2, 0.25) is 0 Å². The smallest absolute Gasteiger partial charge is 0.0457 e. The molecule has 0 radical (unpaired) electrons. The molecule has 1 nitrogen and oxygen atoms in total. The minimum atomic E-state index is 0.372. The number of aromatic nitrogens is 1. The average Bonchev–Trinajstić information content (AvgIpc) is 2.61. The van der Waals surface area contributed by atoms with E-state index >= 15 is 0 Å². The van der Waals surface area contributed by atoms with Gasteiger partial charge in [0.15, 0.2) is 0 Å². The van der Waals surface area contributed by atoms with E-state index in [4.69, 9.17) is 0 Å². The Labute approximate surface area is 105 Å². The molecule has 1 heterocycles. The molecule has 2 rings (SSSR count). The van der Waals surface area contributed by atoms with Crippen molar-refractivity contribution in [3.05, 3.63) is 34.4 Å². The van der Waals surface area contributed by atoms with Gasteiger partial charge in [-0.2, -0.15) is 0 Å². The monoisotopic (exact) mass is 279 g/mol. The minimum absolute atomic E-state index is 0.372. The molecule has 0 atom stereocenters. The Kier molecular flexibility index (Phi) is 3.11. The zero-order valence-corrected chi connectivity index (χ0v) is 11.7. The van der Waals surface area contributed by atoms with Crippen molar-refractivity contribution in [1.82, 2.24) is 4.98 Å². The van der Waals surface area contributed by atoms with Gasteiger partial charge in [0.1, 0.15) is 0 Å². The molecule has 0 spiro atoms. The highest BCUT2D eigenvalue weighted by atomic mass is 79.9. The molecule has 0 saturated carbocycles. The Balaban J connectivity index is 2.41. The van der Waals surface area contributed by atoms with Crippen LogP contribution in [0.4, 0.5) is 0 Å². The van der Waals surface area contributed by atoms with E-state index < -0.39 is 0 Å². The summed E-state index contributed by atoms with van der Waals surface area (Å²) in [6.45, 7) is 6.90. The van der Waals surface area contributed by atoms with Crippen LogP contribution < -0.4 is 0 Å². The molecule has 1 aromatic heterocycles. The topological polar surface area (TPSA) is 15.8 Å². The van der Waals surface area contributed by atoms with Gasteiger partial charge in [-0.25, -0.2) is 0 Å². The van der Waals surface area contributed by atoms with Crippen molar-refractivity contribution in [2.24, 2.45) is 5.41 Å². The third-order valence-electron chi connectivity index (χ3n) is 3.36. The Hall–Kier alpha value is -0.760. The molecule has 0 aliphatic rings. The van der Waals surface area contributed by atoms with Crippen LogP contribution in [0.3, 0.4) is 0 Å². The minimum Gasteiger partial charge on any atom is -0.361 e. The number of hydrogen-bond donors (Lipinski definition) is 1. The van der Waals surface area contributed by atoms with Crippen molar-refractivity contribution < 1.29 is 0 Å². The van der Waals surface area contributed by atoms with Gasteiger partial charge in [-0.05, 0) is 35.6 Å². The number of benzene rings is 1. The molecule has 0 unspecified atom stereocenters. The zero-order valence-electron chi connectivity index (χ0n) is 10.1. The lowest BCUT2D eigenvalue weighted by Crippen LogP contribution is -2.12. The van der Waals surface area contributed by atoms with E-state index in [0.29, 0.717) is 5.41 Å². The fourth-order valence-corrected chi connectivity index (χ4v) is 2.30. The fourth-order valence-electron chi connectivity index (χ4n) is 1.94. The van der Waals surface area contributed by atoms with Gasteiger partial charge in [0.2, 0.25) is 0 Å². The van der Waals surface area contributed by atoms with Gasteiger partial charge >= 0.3 is 0 Å². The Morgan fingerprint density at radius 2 is 2.06 bits per heavy atom. The summed E-state index contributed by atoms with van der Waals surface area (Å²) in [7, 11) is 0. The maximum absolute atomic E-state index is 3.53. The van der Waals surface area contributed by atoms with Crippen molar-refractivity contribution in [2.45, 2.75) is 33.6 Å². The SMILES string of the molecule is CCC(C)(C)Cc1c[nH]c2ccc(Br)cc12. The number of hydrogen-bond acceptors (Lipinski definition) is 0. The highest BCUT2D eigenvalue weighted by molar-refractivity contribution is 9.10. The van der Waals surface area contributed by atoms with E-state index in [1.54, 1.807) is 0 Å². The average molecular weight is 280 g/mol. The largest absolute Gasteiger partial charge is 0.361 e. The molecular weight excluding hydrogens is 262 g/mol. The van der Waals surface area contributed by atoms with Crippen molar-refractivity contribution in [3.63, 3.8) is 0 Å². The van der Waals surface area contributed by atoms with Gasteiger partial charge in [-0.3, -0.25) is 0 Å². The summed E-state index contributed by atoms with van der Waals surface area (Å²) in [5.74, 6) is 0. The molecule has 2 heteroatoms. The highest BCUT2D eigenvalue weighted by Crippen LogP contribution is 2.30. The van der Waals surface area contributed by atoms with Crippen LogP contribution in [0.5, 0.6) is 0 Å². The summed E-state index contributed by atoms with van der Waals surface area (Å²) in [5.41, 5.74) is 3.02. The van der Waals surface area contributed by atoms with Gasteiger partial charge in [-0.15, -0.1) is 0 Å². The number of nitrogens with one attached hydrogen (secondary N) is 1. The fraction of sp³-hybridized carbons (Fsp3) is 0.429. The number of fused-ring (bicyclic) bond motifs is 1. The first-order chi connectivity index (χ1) is 7.52. The Morgan fingerprint density at radius 1 is 1.31 bits per heavy atom. The molecule has 0 saturated heterocycles. The molecule has 1 N–H and O–H groups in total. The number of aromatic amines is 1. The lowest BCUT2D eigenvalue weighted by Gasteiger charge is -2.21. The molecule has 0 bridgehead atoms. The maximum atomic E-state index is 3.53. The van der Waals surface area contributed by atoms with Crippen LogP contribution in [0.1, 0.15) is 32.8 Å². The molecular formula is C14H18BrN. The molecule has 0 amide bonds. The van der Waals surface area contributed by atoms with Crippen molar-refractivity contribution in [3.8, 4) is 0 Å². The van der Waals surface area contributed by atoms with Gasteiger partial charge in [0, 0.05) is 21.6 Å². The van der Waals surface area contributed by atoms with Crippen molar-refractivity contribution in [2.75, 3.05) is 0 Å². The first kappa shape index (κ1) is 11.7. The van der Waals surface area contributed by atoms with Crippen LogP contribution >= 0.6 is 15.9 Å². The van der Waals surface area contributed by atoms with Crippen LogP contribution in [-0.2, 0) is 6.42 Å². The summed E-state index contributed by atoms with van der Waals surface area (Å²) in [6.07, 6.45) is 4.47. The third-order valence-corrected chi connectivity index (χ3v) is 3.85. The first-order valence-electron chi connectivity index (χ1n) is 5.77. The second-order valence-electron chi connectivity index (χ2n) is 5.20. The molecule has 0 aliphatic carbocycles. The van der Waals surface area contributed by atoms with Gasteiger partial charge in [0.25, 0.3) is 0 Å². The van der Waals surface area contributed by atoms with E-state index in [9.17, 15) is 0 Å². The van der Waals surface area contributed by atoms with E-state index in [1.165, 1.54) is 22.9 Å². The predicted octanol–water partition coefficient (Wildman–Crippen LogP) is 4.91. The number of rotatable bonds is 3. The van der Waals surface area contributed by atoms with E-state index in [1.807, 2.05) is 0 Å². The summed E-state index contributed by atoms with van der Waals surface area (Å²) in [6, 6.07) is 6.41. The van der Waals surface area contributed by atoms with Crippen LogP contribution in [0.25, 0.3) is 10.9 Å². The molecule has 86 valence electrons. The van der Waals surface area contributed by atoms with E-state index in [2.05, 4.69) is 66.1 Å². The Bertz CT molecular complexity index is 496. The quantitative estimate of drug-likeness (QED) is 0.822. The summed E-state index contributed by atoms with van der Waals surface area (Å²) >= 11 is 3.53. The van der Waals surface area contributed by atoms with Gasteiger partial charge in [-0.1, -0.05) is 43.1 Å². The zero-order chi connectivity index (χ0) is 11.8. The van der Waals surface area contributed by atoms with E-state index in [0.717, 1.165) is 10.9 Å². The number of halogens is 1. The lowest BCUT2D eigenvalue weighted by molar-refractivity contribution is 0.350. The summed E-state index contributed by atoms with van der Waals surface area (Å²) in [5, 5.41) is 1.34. The number of H-pyrrole nitrogens is 1. The highest BCUT2D eigenvalue weighted by Gasteiger charge is 2.17. The van der Waals surface area contributed by atoms with Crippen LogP contribution in [0.15, 0.2) is 28.9 Å². The molecule has 2 aromatic rings. The van der Waals surface area contributed by atoms with E-state index in [-0.39, 0.29) is 0 Å². The third kappa shape index (κ3) is 2.32. The van der Waals surface area contributed by atoms with Crippen LogP contribution in [-0.4, -0.2) is 4.98 Å². The molecule has 0 fully saturated rings. The second kappa shape index (κ2) is 4.25.